The summed E-state index contributed by atoms with van der Waals surface area (Å²) in [5.41, 5.74) is 1.04. The molecule has 0 saturated carbocycles. The first kappa shape index (κ1) is 12.1. The molecule has 0 N–H and O–H groups in total. The summed E-state index contributed by atoms with van der Waals surface area (Å²) in [6.45, 7) is 5.14. The average molecular weight is 232 g/mol. The molecule has 2 heterocycles. The largest absolute Gasteiger partial charge is 0.284 e. The van der Waals surface area contributed by atoms with Crippen LogP contribution in [-0.4, -0.2) is 27.8 Å². The van der Waals surface area contributed by atoms with Crippen molar-refractivity contribution in [2.75, 3.05) is 13.1 Å². The van der Waals surface area contributed by atoms with Crippen molar-refractivity contribution in [3.8, 4) is 6.07 Å². The van der Waals surface area contributed by atoms with Crippen LogP contribution in [0.5, 0.6) is 0 Å². The summed E-state index contributed by atoms with van der Waals surface area (Å²) in [6, 6.07) is 2.31. The molecule has 1 aliphatic rings. The van der Waals surface area contributed by atoms with Gasteiger partial charge in [-0.3, -0.25) is 9.58 Å². The Balaban J connectivity index is 2.08. The maximum Gasteiger partial charge on any atom is 0.126 e. The van der Waals surface area contributed by atoms with Gasteiger partial charge in [-0.1, -0.05) is 13.3 Å². The van der Waals surface area contributed by atoms with Crippen molar-refractivity contribution in [1.29, 1.82) is 5.26 Å². The van der Waals surface area contributed by atoms with E-state index >= 15 is 0 Å². The highest BCUT2D eigenvalue weighted by molar-refractivity contribution is 5.18. The van der Waals surface area contributed by atoms with Gasteiger partial charge in [-0.15, -0.1) is 0 Å². The first-order valence-electron chi connectivity index (χ1n) is 6.51. The van der Waals surface area contributed by atoms with Crippen molar-refractivity contribution < 1.29 is 0 Å². The minimum absolute atomic E-state index is 0.110. The molecule has 17 heavy (non-hydrogen) atoms. The van der Waals surface area contributed by atoms with Gasteiger partial charge in [0.05, 0.1) is 12.3 Å². The Morgan fingerprint density at radius 2 is 2.18 bits per heavy atom. The SMILES string of the molecule is CCCn1cc(C(C#N)N2CCCCC2)cn1. The Morgan fingerprint density at radius 3 is 2.82 bits per heavy atom. The van der Waals surface area contributed by atoms with Crippen LogP contribution >= 0.6 is 0 Å². The molecule has 1 fully saturated rings. The van der Waals surface area contributed by atoms with Crippen molar-refractivity contribution in [2.24, 2.45) is 0 Å². The molecule has 92 valence electrons. The van der Waals surface area contributed by atoms with E-state index in [0.717, 1.165) is 31.6 Å². The fourth-order valence-corrected chi connectivity index (χ4v) is 2.42. The van der Waals surface area contributed by atoms with Crippen molar-refractivity contribution in [2.45, 2.75) is 45.2 Å². The molecule has 4 heteroatoms. The second kappa shape index (κ2) is 5.83. The van der Waals surface area contributed by atoms with E-state index in [9.17, 15) is 5.26 Å². The van der Waals surface area contributed by atoms with Crippen molar-refractivity contribution in [3.05, 3.63) is 18.0 Å². The molecule has 0 amide bonds. The summed E-state index contributed by atoms with van der Waals surface area (Å²) >= 11 is 0. The minimum atomic E-state index is -0.110. The quantitative estimate of drug-likeness (QED) is 0.800. The third kappa shape index (κ3) is 2.86. The number of nitrogens with zero attached hydrogens (tertiary/aromatic N) is 4. The second-order valence-corrected chi connectivity index (χ2v) is 4.67. The first-order chi connectivity index (χ1) is 8.35. The zero-order chi connectivity index (χ0) is 12.1. The Morgan fingerprint density at radius 1 is 1.41 bits per heavy atom. The van der Waals surface area contributed by atoms with E-state index in [-0.39, 0.29) is 6.04 Å². The van der Waals surface area contributed by atoms with Crippen LogP contribution in [0, 0.1) is 11.3 Å². The average Bonchev–Trinajstić information content (AvgIpc) is 2.81. The lowest BCUT2D eigenvalue weighted by Crippen LogP contribution is -2.32. The topological polar surface area (TPSA) is 44.9 Å². The fourth-order valence-electron chi connectivity index (χ4n) is 2.42. The van der Waals surface area contributed by atoms with E-state index in [1.807, 2.05) is 17.1 Å². The molecular weight excluding hydrogens is 212 g/mol. The number of hydrogen-bond donors (Lipinski definition) is 0. The summed E-state index contributed by atoms with van der Waals surface area (Å²) in [7, 11) is 0. The number of hydrogen-bond acceptors (Lipinski definition) is 3. The van der Waals surface area contributed by atoms with Crippen LogP contribution in [0.15, 0.2) is 12.4 Å². The smallest absolute Gasteiger partial charge is 0.126 e. The predicted molar refractivity (Wildman–Crippen MR) is 66.3 cm³/mol. The Hall–Kier alpha value is -1.34. The van der Waals surface area contributed by atoms with Gasteiger partial charge in [0.25, 0.3) is 0 Å². The molecule has 0 bridgehead atoms. The van der Waals surface area contributed by atoms with Crippen LogP contribution in [0.3, 0.4) is 0 Å². The highest BCUT2D eigenvalue weighted by Crippen LogP contribution is 2.23. The Labute approximate surface area is 103 Å². The van der Waals surface area contributed by atoms with Crippen LogP contribution in [-0.2, 0) is 6.54 Å². The van der Waals surface area contributed by atoms with Crippen LogP contribution in [0.1, 0.15) is 44.2 Å². The summed E-state index contributed by atoms with van der Waals surface area (Å²) in [4.78, 5) is 2.27. The molecule has 1 aliphatic heterocycles. The van der Waals surface area contributed by atoms with Gasteiger partial charge in [0.15, 0.2) is 0 Å². The monoisotopic (exact) mass is 232 g/mol. The molecule has 1 atom stereocenters. The summed E-state index contributed by atoms with van der Waals surface area (Å²) < 4.78 is 1.93. The van der Waals surface area contributed by atoms with Gasteiger partial charge < -0.3 is 0 Å². The lowest BCUT2D eigenvalue weighted by atomic mass is 10.1. The molecule has 4 nitrogen and oxygen atoms in total. The Kier molecular flexibility index (Phi) is 4.16. The molecular formula is C13H20N4. The van der Waals surface area contributed by atoms with Crippen molar-refractivity contribution >= 4 is 0 Å². The van der Waals surface area contributed by atoms with Gasteiger partial charge in [0.1, 0.15) is 6.04 Å². The van der Waals surface area contributed by atoms with Crippen molar-refractivity contribution in [3.63, 3.8) is 0 Å². The van der Waals surface area contributed by atoms with Crippen LogP contribution in [0.25, 0.3) is 0 Å². The summed E-state index contributed by atoms with van der Waals surface area (Å²) in [5, 5.41) is 13.7. The first-order valence-corrected chi connectivity index (χ1v) is 6.51. The van der Waals surface area contributed by atoms with Gasteiger partial charge >= 0.3 is 0 Å². The van der Waals surface area contributed by atoms with Gasteiger partial charge in [-0.05, 0) is 32.4 Å². The molecule has 0 aliphatic carbocycles. The maximum atomic E-state index is 9.34. The molecule has 1 aromatic heterocycles. The van der Waals surface area contributed by atoms with Crippen molar-refractivity contribution in [1.82, 2.24) is 14.7 Å². The molecule has 0 aromatic carbocycles. The third-order valence-electron chi connectivity index (χ3n) is 3.30. The number of nitriles is 1. The number of rotatable bonds is 4. The van der Waals surface area contributed by atoms with E-state index < -0.39 is 0 Å². The zero-order valence-corrected chi connectivity index (χ0v) is 10.5. The normalized spacial score (nSPS) is 18.8. The second-order valence-electron chi connectivity index (χ2n) is 4.67. The van der Waals surface area contributed by atoms with E-state index in [1.54, 1.807) is 0 Å². The molecule has 2 rings (SSSR count). The third-order valence-corrected chi connectivity index (χ3v) is 3.30. The molecule has 0 spiro atoms. The van der Waals surface area contributed by atoms with E-state index in [2.05, 4.69) is 23.0 Å². The van der Waals surface area contributed by atoms with Gasteiger partial charge in [0, 0.05) is 18.3 Å². The standard InChI is InChI=1S/C13H20N4/c1-2-6-17-11-12(10-15-17)13(9-14)16-7-4-3-5-8-16/h10-11,13H,2-8H2,1H3. The highest BCUT2D eigenvalue weighted by Gasteiger charge is 2.22. The number of aryl methyl sites for hydroxylation is 1. The summed E-state index contributed by atoms with van der Waals surface area (Å²) in [5.74, 6) is 0. The van der Waals surface area contributed by atoms with Gasteiger partial charge in [0.2, 0.25) is 0 Å². The van der Waals surface area contributed by atoms with Crippen LogP contribution in [0.4, 0.5) is 0 Å². The maximum absolute atomic E-state index is 9.34. The fraction of sp³-hybridized carbons (Fsp3) is 0.692. The lowest BCUT2D eigenvalue weighted by Gasteiger charge is -2.29. The van der Waals surface area contributed by atoms with Crippen LogP contribution < -0.4 is 0 Å². The number of likely N-dealkylation sites (tertiary alicyclic amines) is 1. The minimum Gasteiger partial charge on any atom is -0.284 e. The molecule has 1 unspecified atom stereocenters. The van der Waals surface area contributed by atoms with E-state index in [0.29, 0.717) is 0 Å². The van der Waals surface area contributed by atoms with E-state index in [1.165, 1.54) is 19.3 Å². The summed E-state index contributed by atoms with van der Waals surface area (Å²) in [6.07, 6.45) is 8.65. The van der Waals surface area contributed by atoms with Gasteiger partial charge in [-0.2, -0.15) is 10.4 Å². The number of aromatic nitrogens is 2. The molecule has 0 radical (unpaired) electrons. The lowest BCUT2D eigenvalue weighted by molar-refractivity contribution is 0.196. The highest BCUT2D eigenvalue weighted by atomic mass is 15.3. The zero-order valence-electron chi connectivity index (χ0n) is 10.5. The Bertz CT molecular complexity index is 384. The van der Waals surface area contributed by atoms with Gasteiger partial charge in [-0.25, -0.2) is 0 Å². The van der Waals surface area contributed by atoms with Crippen LogP contribution in [0.2, 0.25) is 0 Å². The predicted octanol–water partition coefficient (Wildman–Crippen LogP) is 2.34. The number of piperidine rings is 1. The molecule has 1 aromatic rings. The van der Waals surface area contributed by atoms with E-state index in [4.69, 9.17) is 0 Å². The molecule has 1 saturated heterocycles.